The van der Waals surface area contributed by atoms with Crippen LogP contribution >= 0.6 is 11.6 Å². The third-order valence-corrected chi connectivity index (χ3v) is 2.15. The molecule has 0 bridgehead atoms. The van der Waals surface area contributed by atoms with Crippen LogP contribution in [0.25, 0.3) is 11.4 Å². The Kier molecular flexibility index (Phi) is 2.78. The van der Waals surface area contributed by atoms with Crippen molar-refractivity contribution >= 4 is 17.5 Å². The summed E-state index contributed by atoms with van der Waals surface area (Å²) in [4.78, 5) is 22.4. The fourth-order valence-electron chi connectivity index (χ4n) is 1.20. The largest absolute Gasteiger partial charge is 0.366 e. The maximum absolute atomic E-state index is 10.9. The number of nitrogens with two attached hydrogens (primary N) is 1. The summed E-state index contributed by atoms with van der Waals surface area (Å²) in [5.74, 6) is -0.0174. The molecule has 0 fully saturated rings. The molecule has 6 heteroatoms. The smallest absolute Gasteiger partial charge is 0.248 e. The summed E-state index contributed by atoms with van der Waals surface area (Å²) < 4.78 is 0. The molecule has 2 N–H and O–H groups in total. The Hall–Kier alpha value is -2.01. The van der Waals surface area contributed by atoms with Crippen LogP contribution < -0.4 is 5.73 Å². The van der Waals surface area contributed by atoms with Crippen LogP contribution in [0, 0.1) is 0 Å². The van der Waals surface area contributed by atoms with Gasteiger partial charge in [-0.25, -0.2) is 9.97 Å². The molecule has 0 saturated carbocycles. The van der Waals surface area contributed by atoms with Gasteiger partial charge in [0.05, 0.1) is 0 Å². The van der Waals surface area contributed by atoms with Crippen molar-refractivity contribution in [3.8, 4) is 11.4 Å². The Morgan fingerprint density at radius 2 is 1.88 bits per heavy atom. The molecular weight excluding hydrogens is 228 g/mol. The summed E-state index contributed by atoms with van der Waals surface area (Å²) in [6, 6.07) is 6.61. The van der Waals surface area contributed by atoms with Crippen LogP contribution in [-0.2, 0) is 0 Å². The normalized spacial score (nSPS) is 10.1. The zero-order valence-corrected chi connectivity index (χ0v) is 8.85. The van der Waals surface area contributed by atoms with Gasteiger partial charge < -0.3 is 5.73 Å². The zero-order chi connectivity index (χ0) is 11.5. The van der Waals surface area contributed by atoms with Crippen LogP contribution in [0.15, 0.2) is 30.6 Å². The second-order valence-electron chi connectivity index (χ2n) is 3.02. The first-order chi connectivity index (χ1) is 7.66. The van der Waals surface area contributed by atoms with Crippen LogP contribution in [0.5, 0.6) is 0 Å². The van der Waals surface area contributed by atoms with Gasteiger partial charge in [0.15, 0.2) is 5.82 Å². The average Bonchev–Trinajstić information content (AvgIpc) is 2.29. The third kappa shape index (κ3) is 2.14. The molecule has 1 heterocycles. The minimum Gasteiger partial charge on any atom is -0.366 e. The minimum atomic E-state index is -0.472. The lowest BCUT2D eigenvalue weighted by Gasteiger charge is -2.00. The molecule has 0 atom stereocenters. The number of halogens is 1. The van der Waals surface area contributed by atoms with E-state index in [1.165, 1.54) is 6.33 Å². The lowest BCUT2D eigenvalue weighted by atomic mass is 10.1. The van der Waals surface area contributed by atoms with Crippen molar-refractivity contribution in [2.75, 3.05) is 0 Å². The van der Waals surface area contributed by atoms with E-state index in [4.69, 9.17) is 17.3 Å². The molecule has 16 heavy (non-hydrogen) atoms. The standard InChI is InChI=1S/C10H7ClN4O/c11-10-14-5-13-9(15-10)7-3-1-6(2-4-7)8(12)16/h1-5H,(H2,12,16). The maximum Gasteiger partial charge on any atom is 0.248 e. The lowest BCUT2D eigenvalue weighted by Crippen LogP contribution is -2.10. The van der Waals surface area contributed by atoms with Crippen LogP contribution in [0.1, 0.15) is 10.4 Å². The monoisotopic (exact) mass is 234 g/mol. The van der Waals surface area contributed by atoms with Crippen molar-refractivity contribution in [3.63, 3.8) is 0 Å². The number of primary amides is 1. The first kappa shape index (κ1) is 10.5. The van der Waals surface area contributed by atoms with Gasteiger partial charge >= 0.3 is 0 Å². The summed E-state index contributed by atoms with van der Waals surface area (Å²) in [7, 11) is 0. The summed E-state index contributed by atoms with van der Waals surface area (Å²) in [5, 5.41) is 0.129. The Morgan fingerprint density at radius 1 is 1.19 bits per heavy atom. The maximum atomic E-state index is 10.9. The van der Waals surface area contributed by atoms with Gasteiger partial charge in [-0.2, -0.15) is 4.98 Å². The second-order valence-corrected chi connectivity index (χ2v) is 3.36. The molecule has 0 aliphatic carbocycles. The van der Waals surface area contributed by atoms with E-state index in [0.29, 0.717) is 11.4 Å². The van der Waals surface area contributed by atoms with E-state index in [2.05, 4.69) is 15.0 Å². The van der Waals surface area contributed by atoms with E-state index >= 15 is 0 Å². The number of hydrogen-bond donors (Lipinski definition) is 1. The first-order valence-corrected chi connectivity index (χ1v) is 4.79. The fraction of sp³-hybridized carbons (Fsp3) is 0. The molecular formula is C10H7ClN4O. The highest BCUT2D eigenvalue weighted by molar-refractivity contribution is 6.28. The molecule has 2 rings (SSSR count). The molecule has 0 spiro atoms. The van der Waals surface area contributed by atoms with Crippen LogP contribution in [0.2, 0.25) is 5.28 Å². The number of carbonyl (C=O) groups excluding carboxylic acids is 1. The zero-order valence-electron chi connectivity index (χ0n) is 8.09. The van der Waals surface area contributed by atoms with Gasteiger partial charge in [-0.1, -0.05) is 12.1 Å². The van der Waals surface area contributed by atoms with E-state index in [1.807, 2.05) is 0 Å². The molecule has 1 aromatic heterocycles. The predicted molar refractivity (Wildman–Crippen MR) is 58.8 cm³/mol. The predicted octanol–water partition coefficient (Wildman–Crippen LogP) is 1.29. The summed E-state index contributed by atoms with van der Waals surface area (Å²) in [6.07, 6.45) is 1.33. The van der Waals surface area contributed by atoms with Gasteiger partial charge in [-0.3, -0.25) is 4.79 Å². The summed E-state index contributed by atoms with van der Waals surface area (Å²) >= 11 is 5.64. The third-order valence-electron chi connectivity index (χ3n) is 1.97. The molecule has 1 amide bonds. The number of nitrogens with zero attached hydrogens (tertiary/aromatic N) is 3. The number of benzene rings is 1. The van der Waals surface area contributed by atoms with E-state index in [1.54, 1.807) is 24.3 Å². The first-order valence-electron chi connectivity index (χ1n) is 4.41. The number of aromatic nitrogens is 3. The Balaban J connectivity index is 2.38. The van der Waals surface area contributed by atoms with Crippen molar-refractivity contribution in [3.05, 3.63) is 41.4 Å². The Bertz CT molecular complexity index is 527. The van der Waals surface area contributed by atoms with Crippen molar-refractivity contribution in [1.82, 2.24) is 15.0 Å². The fourth-order valence-corrected chi connectivity index (χ4v) is 1.32. The Morgan fingerprint density at radius 3 is 2.44 bits per heavy atom. The van der Waals surface area contributed by atoms with Gasteiger partial charge in [-0.05, 0) is 23.7 Å². The van der Waals surface area contributed by atoms with Crippen LogP contribution in [0.4, 0.5) is 0 Å². The van der Waals surface area contributed by atoms with Gasteiger partial charge in [0.25, 0.3) is 0 Å². The second kappa shape index (κ2) is 4.24. The molecule has 0 saturated heterocycles. The molecule has 0 aliphatic rings. The molecule has 0 radical (unpaired) electrons. The summed E-state index contributed by atoms with van der Waals surface area (Å²) in [6.45, 7) is 0. The molecule has 0 unspecified atom stereocenters. The van der Waals surface area contributed by atoms with E-state index in [-0.39, 0.29) is 5.28 Å². The van der Waals surface area contributed by atoms with Gasteiger partial charge in [0.1, 0.15) is 6.33 Å². The highest BCUT2D eigenvalue weighted by Crippen LogP contribution is 2.15. The van der Waals surface area contributed by atoms with Gasteiger partial charge in [-0.15, -0.1) is 0 Å². The molecule has 80 valence electrons. The van der Waals surface area contributed by atoms with E-state index in [9.17, 15) is 4.79 Å². The van der Waals surface area contributed by atoms with Crippen LogP contribution in [-0.4, -0.2) is 20.9 Å². The van der Waals surface area contributed by atoms with E-state index < -0.39 is 5.91 Å². The van der Waals surface area contributed by atoms with Crippen LogP contribution in [0.3, 0.4) is 0 Å². The van der Waals surface area contributed by atoms with Gasteiger partial charge in [0, 0.05) is 11.1 Å². The quantitative estimate of drug-likeness (QED) is 0.849. The lowest BCUT2D eigenvalue weighted by molar-refractivity contribution is 0.100. The number of rotatable bonds is 2. The number of carbonyl (C=O) groups is 1. The SMILES string of the molecule is NC(=O)c1ccc(-c2ncnc(Cl)n2)cc1. The highest BCUT2D eigenvalue weighted by Gasteiger charge is 2.04. The minimum absolute atomic E-state index is 0.129. The average molecular weight is 235 g/mol. The van der Waals surface area contributed by atoms with Crippen molar-refractivity contribution in [1.29, 1.82) is 0 Å². The highest BCUT2D eigenvalue weighted by atomic mass is 35.5. The van der Waals surface area contributed by atoms with Crippen molar-refractivity contribution in [2.45, 2.75) is 0 Å². The molecule has 2 aromatic rings. The summed E-state index contributed by atoms with van der Waals surface area (Å²) in [5.41, 5.74) is 6.30. The number of amides is 1. The number of hydrogen-bond acceptors (Lipinski definition) is 4. The molecule has 1 aromatic carbocycles. The van der Waals surface area contributed by atoms with Crippen molar-refractivity contribution < 1.29 is 4.79 Å². The van der Waals surface area contributed by atoms with E-state index in [0.717, 1.165) is 5.56 Å². The molecule has 5 nitrogen and oxygen atoms in total. The van der Waals surface area contributed by atoms with Crippen molar-refractivity contribution in [2.24, 2.45) is 5.73 Å². The molecule has 0 aliphatic heterocycles. The van der Waals surface area contributed by atoms with Gasteiger partial charge in [0.2, 0.25) is 11.2 Å². The topological polar surface area (TPSA) is 81.8 Å². The Labute approximate surface area is 96.3 Å².